The van der Waals surface area contributed by atoms with Gasteiger partial charge in [-0.05, 0) is 49.1 Å². The van der Waals surface area contributed by atoms with Gasteiger partial charge in [-0.25, -0.2) is 0 Å². The van der Waals surface area contributed by atoms with Crippen LogP contribution in [-0.4, -0.2) is 17.9 Å². The van der Waals surface area contributed by atoms with Crippen LogP contribution in [0.5, 0.6) is 0 Å². The maximum Gasteiger partial charge on any atom is 0.294 e. The normalized spacial score (nSPS) is 15.0. The van der Waals surface area contributed by atoms with Gasteiger partial charge in [-0.3, -0.25) is 14.5 Å². The van der Waals surface area contributed by atoms with Crippen molar-refractivity contribution in [1.82, 2.24) is 5.32 Å². The molecule has 0 saturated heterocycles. The molecule has 1 heterocycles. The zero-order valence-corrected chi connectivity index (χ0v) is 17.1. The van der Waals surface area contributed by atoms with Crippen LogP contribution in [-0.2, 0) is 4.79 Å². The Morgan fingerprint density at radius 2 is 1.67 bits per heavy atom. The topological polar surface area (TPSA) is 62.6 Å². The number of carbonyl (C=O) groups is 2. The lowest BCUT2D eigenvalue weighted by Crippen LogP contribution is -2.46. The fourth-order valence-electron chi connectivity index (χ4n) is 4.12. The predicted octanol–water partition coefficient (Wildman–Crippen LogP) is 5.03. The number of aryl methyl sites for hydroxylation is 1. The number of nitrogens with zero attached hydrogens (tertiary/aromatic N) is 1. The van der Waals surface area contributed by atoms with E-state index in [1.165, 1.54) is 6.26 Å². The fourth-order valence-corrected chi connectivity index (χ4v) is 4.12. The van der Waals surface area contributed by atoms with Crippen LogP contribution in [0.4, 0.5) is 5.69 Å². The number of nitrogens with one attached hydrogen (secondary N) is 1. The molecule has 4 rings (SSSR count). The van der Waals surface area contributed by atoms with Crippen molar-refractivity contribution >= 4 is 17.5 Å². The van der Waals surface area contributed by atoms with Crippen LogP contribution in [0.1, 0.15) is 53.4 Å². The number of carbonyl (C=O) groups excluding carboxylic acids is 2. The zero-order chi connectivity index (χ0) is 20.9. The first kappa shape index (κ1) is 20.0. The molecule has 30 heavy (non-hydrogen) atoms. The molecule has 2 amide bonds. The summed E-state index contributed by atoms with van der Waals surface area (Å²) in [5.41, 5.74) is 2.36. The van der Waals surface area contributed by atoms with E-state index < -0.39 is 6.04 Å². The van der Waals surface area contributed by atoms with E-state index in [2.05, 4.69) is 5.32 Å². The van der Waals surface area contributed by atoms with Crippen molar-refractivity contribution in [3.05, 3.63) is 89.9 Å². The van der Waals surface area contributed by atoms with Gasteiger partial charge in [0, 0.05) is 11.7 Å². The Bertz CT molecular complexity index is 992. The second kappa shape index (κ2) is 8.99. The maximum absolute atomic E-state index is 13.6. The van der Waals surface area contributed by atoms with Gasteiger partial charge in [-0.15, -0.1) is 0 Å². The van der Waals surface area contributed by atoms with Gasteiger partial charge in [-0.1, -0.05) is 61.4 Å². The molecule has 3 aromatic rings. The highest BCUT2D eigenvalue weighted by molar-refractivity contribution is 6.09. The number of amides is 2. The van der Waals surface area contributed by atoms with Gasteiger partial charge in [0.15, 0.2) is 5.76 Å². The largest absolute Gasteiger partial charge is 0.459 e. The number of furan rings is 1. The van der Waals surface area contributed by atoms with Crippen molar-refractivity contribution in [1.29, 1.82) is 0 Å². The van der Waals surface area contributed by atoms with E-state index in [4.69, 9.17) is 4.42 Å². The number of benzene rings is 2. The third-order valence-electron chi connectivity index (χ3n) is 5.65. The highest BCUT2D eigenvalue weighted by Gasteiger charge is 2.36. The summed E-state index contributed by atoms with van der Waals surface area (Å²) in [6.07, 6.45) is 5.66. The molecule has 0 aliphatic heterocycles. The lowest BCUT2D eigenvalue weighted by Gasteiger charge is -2.32. The summed E-state index contributed by atoms with van der Waals surface area (Å²) in [7, 11) is 0. The first-order valence-electron chi connectivity index (χ1n) is 10.4. The molecule has 5 nitrogen and oxygen atoms in total. The minimum Gasteiger partial charge on any atom is -0.459 e. The van der Waals surface area contributed by atoms with Gasteiger partial charge in [0.05, 0.1) is 6.26 Å². The van der Waals surface area contributed by atoms with Gasteiger partial charge >= 0.3 is 0 Å². The summed E-state index contributed by atoms with van der Waals surface area (Å²) in [4.78, 5) is 28.7. The molecule has 1 aliphatic rings. The summed E-state index contributed by atoms with van der Waals surface area (Å²) in [6, 6.07) is 19.7. The Kier molecular flexibility index (Phi) is 5.98. The lowest BCUT2D eigenvalue weighted by atomic mass is 10.0. The van der Waals surface area contributed by atoms with Crippen molar-refractivity contribution in [3.63, 3.8) is 0 Å². The molecule has 5 heteroatoms. The van der Waals surface area contributed by atoms with E-state index in [0.717, 1.165) is 36.8 Å². The van der Waals surface area contributed by atoms with Crippen LogP contribution < -0.4 is 10.2 Å². The molecule has 1 saturated carbocycles. The number of para-hydroxylation sites is 1. The van der Waals surface area contributed by atoms with Crippen molar-refractivity contribution in [2.75, 3.05) is 4.90 Å². The summed E-state index contributed by atoms with van der Waals surface area (Å²) in [5.74, 6) is -0.311. The number of anilines is 1. The van der Waals surface area contributed by atoms with Gasteiger partial charge in [0.2, 0.25) is 5.91 Å². The Morgan fingerprint density at radius 1 is 0.967 bits per heavy atom. The van der Waals surface area contributed by atoms with Crippen LogP contribution in [0, 0.1) is 6.92 Å². The average Bonchev–Trinajstić information content (AvgIpc) is 3.47. The third kappa shape index (κ3) is 4.15. The van der Waals surface area contributed by atoms with E-state index in [1.54, 1.807) is 17.0 Å². The first-order valence-corrected chi connectivity index (χ1v) is 10.4. The smallest absolute Gasteiger partial charge is 0.294 e. The van der Waals surface area contributed by atoms with Crippen molar-refractivity contribution in [2.45, 2.75) is 44.7 Å². The van der Waals surface area contributed by atoms with Crippen LogP contribution in [0.2, 0.25) is 0 Å². The molecule has 0 radical (unpaired) electrons. The second-order valence-electron chi connectivity index (χ2n) is 7.74. The Labute approximate surface area is 176 Å². The summed E-state index contributed by atoms with van der Waals surface area (Å²) in [5, 5.41) is 3.18. The molecule has 1 atom stereocenters. The van der Waals surface area contributed by atoms with Crippen LogP contribution >= 0.6 is 0 Å². The molecular formula is C25H26N2O3. The van der Waals surface area contributed by atoms with Crippen LogP contribution in [0.15, 0.2) is 77.4 Å². The van der Waals surface area contributed by atoms with Gasteiger partial charge in [0.25, 0.3) is 5.91 Å². The minimum absolute atomic E-state index is 0.154. The highest BCUT2D eigenvalue weighted by Crippen LogP contribution is 2.32. The average molecular weight is 402 g/mol. The van der Waals surface area contributed by atoms with E-state index >= 15 is 0 Å². The SMILES string of the molecule is Cc1ccccc1N(C(=O)c1ccco1)C(C(=O)NC1CCCC1)c1ccccc1. The third-order valence-corrected chi connectivity index (χ3v) is 5.65. The van der Waals surface area contributed by atoms with Crippen LogP contribution in [0.25, 0.3) is 0 Å². The van der Waals surface area contributed by atoms with Gasteiger partial charge < -0.3 is 9.73 Å². The molecule has 1 fully saturated rings. The zero-order valence-electron chi connectivity index (χ0n) is 17.1. The Hall–Kier alpha value is -3.34. The molecule has 1 aromatic heterocycles. The van der Waals surface area contributed by atoms with Gasteiger partial charge in [0.1, 0.15) is 6.04 Å². The van der Waals surface area contributed by atoms with E-state index in [1.807, 2.05) is 61.5 Å². The predicted molar refractivity (Wildman–Crippen MR) is 116 cm³/mol. The minimum atomic E-state index is -0.800. The van der Waals surface area contributed by atoms with E-state index in [9.17, 15) is 9.59 Å². The number of hydrogen-bond acceptors (Lipinski definition) is 3. The molecule has 1 N–H and O–H groups in total. The van der Waals surface area contributed by atoms with Gasteiger partial charge in [-0.2, -0.15) is 0 Å². The highest BCUT2D eigenvalue weighted by atomic mass is 16.3. The van der Waals surface area contributed by atoms with Crippen molar-refractivity contribution in [2.24, 2.45) is 0 Å². The quantitative estimate of drug-likeness (QED) is 0.629. The summed E-state index contributed by atoms with van der Waals surface area (Å²) < 4.78 is 5.41. The molecule has 1 unspecified atom stereocenters. The molecule has 1 aliphatic carbocycles. The summed E-state index contributed by atoms with van der Waals surface area (Å²) in [6.45, 7) is 1.94. The number of rotatable bonds is 6. The molecule has 0 spiro atoms. The van der Waals surface area contributed by atoms with Crippen molar-refractivity contribution < 1.29 is 14.0 Å². The van der Waals surface area contributed by atoms with Crippen LogP contribution in [0.3, 0.4) is 0 Å². The summed E-state index contributed by atoms with van der Waals surface area (Å²) >= 11 is 0. The fraction of sp³-hybridized carbons (Fsp3) is 0.280. The molecule has 0 bridgehead atoms. The standard InChI is InChI=1S/C25H26N2O3/c1-18-10-5-8-15-21(18)27(25(29)22-16-9-17-30-22)23(19-11-3-2-4-12-19)24(28)26-20-13-6-7-14-20/h2-5,8-12,15-17,20,23H,6-7,13-14H2,1H3,(H,26,28). The maximum atomic E-state index is 13.6. The van der Waals surface area contributed by atoms with E-state index in [0.29, 0.717) is 5.69 Å². The molecule has 154 valence electrons. The van der Waals surface area contributed by atoms with Crippen molar-refractivity contribution in [3.8, 4) is 0 Å². The number of hydrogen-bond donors (Lipinski definition) is 1. The first-order chi connectivity index (χ1) is 14.6. The molecule has 2 aromatic carbocycles. The monoisotopic (exact) mass is 402 g/mol. The van der Waals surface area contributed by atoms with E-state index in [-0.39, 0.29) is 23.6 Å². The lowest BCUT2D eigenvalue weighted by molar-refractivity contribution is -0.123. The second-order valence-corrected chi connectivity index (χ2v) is 7.74. The Morgan fingerprint density at radius 3 is 2.33 bits per heavy atom. The Balaban J connectivity index is 1.80. The molecular weight excluding hydrogens is 376 g/mol.